The van der Waals surface area contributed by atoms with Crippen molar-refractivity contribution in [1.29, 1.82) is 0 Å². The summed E-state index contributed by atoms with van der Waals surface area (Å²) in [4.78, 5) is 21.8. The predicted octanol–water partition coefficient (Wildman–Crippen LogP) is 3.18. The lowest BCUT2D eigenvalue weighted by Crippen LogP contribution is -2.39. The Hall–Kier alpha value is -2.97. The van der Waals surface area contributed by atoms with Crippen LogP contribution in [0.3, 0.4) is 0 Å². The normalized spacial score (nSPS) is 12.0. The Kier molecular flexibility index (Phi) is 5.62. The van der Waals surface area contributed by atoms with E-state index in [0.29, 0.717) is 22.3 Å². The number of halogens is 2. The summed E-state index contributed by atoms with van der Waals surface area (Å²) in [5.41, 5.74) is 6.72. The molecule has 2 aromatic carbocycles. The number of likely N-dealkylation sites (N-methyl/N-ethyl adjacent to an activating group) is 1. The minimum Gasteiger partial charge on any atom is -0.508 e. The fourth-order valence-electron chi connectivity index (χ4n) is 2.77. The fourth-order valence-corrected chi connectivity index (χ4v) is 2.95. The first-order valence-corrected chi connectivity index (χ1v) is 8.84. The van der Waals surface area contributed by atoms with Crippen molar-refractivity contribution in [2.45, 2.75) is 19.5 Å². The summed E-state index contributed by atoms with van der Waals surface area (Å²) in [6.45, 7) is 1.73. The zero-order valence-corrected chi connectivity index (χ0v) is 16.0. The van der Waals surface area contributed by atoms with E-state index in [0.717, 1.165) is 0 Å². The number of anilines is 2. The summed E-state index contributed by atoms with van der Waals surface area (Å²) >= 11 is 5.83. The highest BCUT2D eigenvalue weighted by Crippen LogP contribution is 2.31. The van der Waals surface area contributed by atoms with Gasteiger partial charge in [0.1, 0.15) is 17.9 Å². The first-order valence-electron chi connectivity index (χ1n) is 8.46. The molecular weight excluding hydrogens is 385 g/mol. The van der Waals surface area contributed by atoms with Crippen molar-refractivity contribution >= 4 is 39.9 Å². The molecule has 3 aromatic rings. The summed E-state index contributed by atoms with van der Waals surface area (Å²) in [6, 6.07) is 7.06. The van der Waals surface area contributed by atoms with Gasteiger partial charge in [-0.1, -0.05) is 17.7 Å². The molecule has 146 valence electrons. The Morgan fingerprint density at radius 1 is 1.39 bits per heavy atom. The summed E-state index contributed by atoms with van der Waals surface area (Å²) in [5, 5.41) is 13.8. The zero-order chi connectivity index (χ0) is 20.4. The van der Waals surface area contributed by atoms with Crippen LogP contribution < -0.4 is 11.1 Å². The largest absolute Gasteiger partial charge is 0.508 e. The van der Waals surface area contributed by atoms with Gasteiger partial charge in [-0.05, 0) is 25.1 Å². The smallest absolute Gasteiger partial charge is 0.239 e. The lowest BCUT2D eigenvalue weighted by Gasteiger charge is -2.20. The van der Waals surface area contributed by atoms with Crippen LogP contribution in [0.5, 0.6) is 5.75 Å². The number of amides is 1. The topological polar surface area (TPSA) is 104 Å². The highest BCUT2D eigenvalue weighted by Gasteiger charge is 2.17. The molecule has 1 amide bonds. The third kappa shape index (κ3) is 3.97. The first-order chi connectivity index (χ1) is 13.3. The maximum absolute atomic E-state index is 14.2. The van der Waals surface area contributed by atoms with E-state index in [2.05, 4.69) is 15.3 Å². The lowest BCUT2D eigenvalue weighted by atomic mass is 10.1. The second-order valence-electron chi connectivity index (χ2n) is 6.43. The number of rotatable bonds is 5. The molecule has 1 aromatic heterocycles. The number of phenolic OH excluding ortho intramolecular Hbond substituents is 1. The average Bonchev–Trinajstić information content (AvgIpc) is 2.65. The van der Waals surface area contributed by atoms with Gasteiger partial charge in [0, 0.05) is 30.6 Å². The Bertz CT molecular complexity index is 1040. The number of fused-ring (bicyclic) bond motifs is 1. The number of carbonyl (C=O) groups is 1. The number of hydrogen-bond acceptors (Lipinski definition) is 6. The molecule has 0 radical (unpaired) electrons. The van der Waals surface area contributed by atoms with Crippen molar-refractivity contribution in [3.05, 3.63) is 53.1 Å². The van der Waals surface area contributed by atoms with Gasteiger partial charge in [0.2, 0.25) is 5.91 Å². The molecule has 0 spiro atoms. The summed E-state index contributed by atoms with van der Waals surface area (Å²) in [7, 11) is 1.59. The van der Waals surface area contributed by atoms with E-state index in [1.165, 1.54) is 29.4 Å². The van der Waals surface area contributed by atoms with Crippen LogP contribution in [0.15, 0.2) is 36.7 Å². The molecule has 0 aliphatic heterocycles. The second-order valence-corrected chi connectivity index (χ2v) is 6.84. The number of nitrogens with one attached hydrogen (secondary N) is 1. The van der Waals surface area contributed by atoms with Crippen LogP contribution >= 0.6 is 11.6 Å². The van der Waals surface area contributed by atoms with E-state index in [1.54, 1.807) is 26.1 Å². The molecule has 0 saturated heterocycles. The van der Waals surface area contributed by atoms with Gasteiger partial charge < -0.3 is 21.1 Å². The number of carbonyl (C=O) groups excluding carboxylic acids is 1. The van der Waals surface area contributed by atoms with E-state index in [4.69, 9.17) is 17.3 Å². The molecule has 9 heteroatoms. The molecule has 7 nitrogen and oxygen atoms in total. The van der Waals surface area contributed by atoms with Gasteiger partial charge in [-0.25, -0.2) is 14.4 Å². The van der Waals surface area contributed by atoms with E-state index in [9.17, 15) is 14.3 Å². The van der Waals surface area contributed by atoms with Crippen LogP contribution in [0.4, 0.5) is 15.9 Å². The molecule has 4 N–H and O–H groups in total. The lowest BCUT2D eigenvalue weighted by molar-refractivity contribution is -0.131. The van der Waals surface area contributed by atoms with Crippen LogP contribution in [0, 0.1) is 5.82 Å². The summed E-state index contributed by atoms with van der Waals surface area (Å²) in [6.07, 6.45) is 1.30. The number of phenols is 1. The molecule has 0 aliphatic carbocycles. The first kappa shape index (κ1) is 19.8. The third-order valence-electron chi connectivity index (χ3n) is 4.21. The van der Waals surface area contributed by atoms with E-state index >= 15 is 0 Å². The van der Waals surface area contributed by atoms with Gasteiger partial charge in [0.05, 0.1) is 22.3 Å². The maximum atomic E-state index is 14.2. The van der Waals surface area contributed by atoms with Gasteiger partial charge in [0.15, 0.2) is 5.82 Å². The molecular formula is C19H19ClFN5O2. The van der Waals surface area contributed by atoms with E-state index in [-0.39, 0.29) is 28.9 Å². The zero-order valence-electron chi connectivity index (χ0n) is 15.3. The number of aromatic nitrogens is 2. The summed E-state index contributed by atoms with van der Waals surface area (Å²) in [5.74, 6) is -0.538. The Balaban J connectivity index is 2.01. The molecule has 0 bridgehead atoms. The SMILES string of the molecule is C[C@@H](N)C(=O)N(C)Cc1cc2c(Nc3cccc(Cl)c3F)ncnc2cc1O. The van der Waals surface area contributed by atoms with Crippen molar-refractivity contribution in [3.8, 4) is 5.75 Å². The van der Waals surface area contributed by atoms with Crippen molar-refractivity contribution in [3.63, 3.8) is 0 Å². The average molecular weight is 404 g/mol. The minimum absolute atomic E-state index is 0.0160. The molecule has 0 saturated carbocycles. The number of nitrogens with zero attached hydrogens (tertiary/aromatic N) is 3. The molecule has 28 heavy (non-hydrogen) atoms. The standard InChI is InChI=1S/C19H19ClFN5O2/c1-10(22)19(28)26(2)8-11-6-12-15(7-16(11)27)23-9-24-18(12)25-14-5-3-4-13(20)17(14)21/h3-7,9-10,27H,8,22H2,1-2H3,(H,23,24,25)/t10-/m1/s1. The fraction of sp³-hybridized carbons (Fsp3) is 0.211. The molecule has 1 atom stereocenters. The minimum atomic E-state index is -0.654. The van der Waals surface area contributed by atoms with Crippen LogP contribution in [0.25, 0.3) is 10.9 Å². The highest BCUT2D eigenvalue weighted by atomic mass is 35.5. The third-order valence-corrected chi connectivity index (χ3v) is 4.51. The van der Waals surface area contributed by atoms with Gasteiger partial charge in [0.25, 0.3) is 0 Å². The molecule has 0 aliphatic rings. The molecule has 0 fully saturated rings. The Morgan fingerprint density at radius 3 is 2.86 bits per heavy atom. The predicted molar refractivity (Wildman–Crippen MR) is 106 cm³/mol. The van der Waals surface area contributed by atoms with Crippen molar-refractivity contribution in [2.75, 3.05) is 12.4 Å². The monoisotopic (exact) mass is 403 g/mol. The number of hydrogen-bond donors (Lipinski definition) is 3. The second kappa shape index (κ2) is 7.95. The quantitative estimate of drug-likeness (QED) is 0.604. The number of benzene rings is 2. The van der Waals surface area contributed by atoms with Crippen LogP contribution in [-0.2, 0) is 11.3 Å². The van der Waals surface area contributed by atoms with E-state index in [1.807, 2.05) is 0 Å². The highest BCUT2D eigenvalue weighted by molar-refractivity contribution is 6.31. The maximum Gasteiger partial charge on any atom is 0.239 e. The van der Waals surface area contributed by atoms with Crippen molar-refractivity contribution < 1.29 is 14.3 Å². The Morgan fingerprint density at radius 2 is 2.14 bits per heavy atom. The number of aromatic hydroxyl groups is 1. The van der Waals surface area contributed by atoms with E-state index < -0.39 is 11.9 Å². The van der Waals surface area contributed by atoms with Gasteiger partial charge >= 0.3 is 0 Å². The van der Waals surface area contributed by atoms with Crippen molar-refractivity contribution in [2.24, 2.45) is 5.73 Å². The van der Waals surface area contributed by atoms with Crippen LogP contribution in [-0.4, -0.2) is 39.0 Å². The molecule has 3 rings (SSSR count). The molecule has 0 unspecified atom stereocenters. The Labute approximate surface area is 166 Å². The van der Waals surface area contributed by atoms with Crippen molar-refractivity contribution in [1.82, 2.24) is 14.9 Å². The molecule has 1 heterocycles. The van der Waals surface area contributed by atoms with Gasteiger partial charge in [-0.15, -0.1) is 0 Å². The van der Waals surface area contributed by atoms with Crippen LogP contribution in [0.2, 0.25) is 5.02 Å². The van der Waals surface area contributed by atoms with Gasteiger partial charge in [-0.3, -0.25) is 4.79 Å². The number of nitrogens with two attached hydrogens (primary N) is 1. The van der Waals surface area contributed by atoms with Gasteiger partial charge in [-0.2, -0.15) is 0 Å². The van der Waals surface area contributed by atoms with Crippen LogP contribution in [0.1, 0.15) is 12.5 Å². The summed E-state index contributed by atoms with van der Waals surface area (Å²) < 4.78 is 14.2.